The van der Waals surface area contributed by atoms with Crippen LogP contribution < -0.4 is 4.74 Å². The van der Waals surface area contributed by atoms with E-state index in [1.165, 1.54) is 5.56 Å². The summed E-state index contributed by atoms with van der Waals surface area (Å²) in [5.41, 5.74) is 2.35. The minimum absolute atomic E-state index is 0.178. The van der Waals surface area contributed by atoms with Crippen molar-refractivity contribution in [1.82, 2.24) is 9.97 Å². The van der Waals surface area contributed by atoms with E-state index in [-0.39, 0.29) is 5.41 Å². The highest BCUT2D eigenvalue weighted by molar-refractivity contribution is 6.17. The van der Waals surface area contributed by atoms with Crippen molar-refractivity contribution >= 4 is 11.6 Å². The summed E-state index contributed by atoms with van der Waals surface area (Å²) >= 11 is 5.69. The van der Waals surface area contributed by atoms with Crippen molar-refractivity contribution in [3.63, 3.8) is 0 Å². The lowest BCUT2D eigenvalue weighted by Gasteiger charge is -2.23. The Morgan fingerprint density at radius 3 is 2.20 bits per heavy atom. The fourth-order valence-electron chi connectivity index (χ4n) is 1.75. The van der Waals surface area contributed by atoms with E-state index in [9.17, 15) is 0 Å². The molecule has 4 heteroatoms. The fraction of sp³-hybridized carbons (Fsp3) is 0.375. The molecule has 3 nitrogen and oxygen atoms in total. The van der Waals surface area contributed by atoms with Gasteiger partial charge in [-0.2, -0.15) is 0 Å². The number of halogens is 1. The van der Waals surface area contributed by atoms with Gasteiger partial charge in [0.1, 0.15) is 5.75 Å². The third kappa shape index (κ3) is 3.48. The average Bonchev–Trinajstić information content (AvgIpc) is 2.48. The van der Waals surface area contributed by atoms with Gasteiger partial charge in [-0.15, -0.1) is 11.6 Å². The van der Waals surface area contributed by atoms with Gasteiger partial charge in [0.05, 0.1) is 5.88 Å². The Balaban J connectivity index is 2.10. The molecule has 0 spiro atoms. The smallest absolute Gasteiger partial charge is 0.321 e. The molecule has 0 saturated heterocycles. The standard InChI is InChI=1S/C16H19ClN2O/c1-4-16(2,3)13-5-7-14(8-6-13)20-15-18-10-12(9-17)11-19-15/h5-8,10-11H,4,9H2,1-3H3. The first-order valence-corrected chi connectivity index (χ1v) is 7.24. The third-order valence-corrected chi connectivity index (χ3v) is 3.87. The van der Waals surface area contributed by atoms with Crippen LogP contribution in [0.5, 0.6) is 11.8 Å². The van der Waals surface area contributed by atoms with Gasteiger partial charge in [-0.05, 0) is 29.5 Å². The van der Waals surface area contributed by atoms with Gasteiger partial charge in [0.25, 0.3) is 0 Å². The molecule has 0 bridgehead atoms. The molecule has 0 aliphatic carbocycles. The largest absolute Gasteiger partial charge is 0.424 e. The molecule has 2 aromatic rings. The molecular weight excluding hydrogens is 272 g/mol. The second kappa shape index (κ2) is 6.23. The van der Waals surface area contributed by atoms with E-state index in [0.717, 1.165) is 17.7 Å². The minimum atomic E-state index is 0.178. The Kier molecular flexibility index (Phi) is 4.61. The molecule has 1 heterocycles. The van der Waals surface area contributed by atoms with Crippen LogP contribution in [0, 0.1) is 0 Å². The first-order chi connectivity index (χ1) is 9.55. The zero-order valence-electron chi connectivity index (χ0n) is 12.1. The molecule has 0 aliphatic heterocycles. The summed E-state index contributed by atoms with van der Waals surface area (Å²) in [6.07, 6.45) is 4.43. The van der Waals surface area contributed by atoms with Crippen molar-refractivity contribution in [3.8, 4) is 11.8 Å². The Hall–Kier alpha value is -1.61. The number of alkyl halides is 1. The van der Waals surface area contributed by atoms with Gasteiger partial charge in [0, 0.05) is 18.0 Å². The van der Waals surface area contributed by atoms with Gasteiger partial charge >= 0.3 is 6.01 Å². The summed E-state index contributed by atoms with van der Waals surface area (Å²) in [4.78, 5) is 8.23. The summed E-state index contributed by atoms with van der Waals surface area (Å²) in [5, 5.41) is 0. The number of hydrogen-bond acceptors (Lipinski definition) is 3. The van der Waals surface area contributed by atoms with Crippen molar-refractivity contribution in [2.24, 2.45) is 0 Å². The maximum Gasteiger partial charge on any atom is 0.321 e. The average molecular weight is 291 g/mol. The minimum Gasteiger partial charge on any atom is -0.424 e. The second-order valence-electron chi connectivity index (χ2n) is 5.37. The Morgan fingerprint density at radius 2 is 1.70 bits per heavy atom. The maximum absolute atomic E-state index is 5.69. The number of nitrogens with zero attached hydrogens (tertiary/aromatic N) is 2. The lowest BCUT2D eigenvalue weighted by atomic mass is 9.82. The summed E-state index contributed by atoms with van der Waals surface area (Å²) in [6.45, 7) is 6.66. The van der Waals surface area contributed by atoms with Crippen LogP contribution in [0.4, 0.5) is 0 Å². The maximum atomic E-state index is 5.69. The molecule has 20 heavy (non-hydrogen) atoms. The Bertz CT molecular complexity index is 550. The van der Waals surface area contributed by atoms with Crippen LogP contribution in [-0.4, -0.2) is 9.97 Å². The molecule has 0 amide bonds. The number of rotatable bonds is 5. The first kappa shape index (κ1) is 14.8. The highest BCUT2D eigenvalue weighted by Crippen LogP contribution is 2.28. The highest BCUT2D eigenvalue weighted by atomic mass is 35.5. The first-order valence-electron chi connectivity index (χ1n) is 6.70. The van der Waals surface area contributed by atoms with Gasteiger partial charge in [-0.3, -0.25) is 0 Å². The van der Waals surface area contributed by atoms with Crippen molar-refractivity contribution < 1.29 is 4.74 Å². The van der Waals surface area contributed by atoms with E-state index in [2.05, 4.69) is 42.9 Å². The molecule has 2 rings (SSSR count). The quantitative estimate of drug-likeness (QED) is 0.749. The predicted octanol–water partition coefficient (Wildman–Crippen LogP) is 4.70. The monoisotopic (exact) mass is 290 g/mol. The van der Waals surface area contributed by atoms with E-state index in [0.29, 0.717) is 11.9 Å². The van der Waals surface area contributed by atoms with E-state index in [1.54, 1.807) is 12.4 Å². The van der Waals surface area contributed by atoms with Crippen molar-refractivity contribution in [1.29, 1.82) is 0 Å². The van der Waals surface area contributed by atoms with Crippen LogP contribution in [0.2, 0.25) is 0 Å². The Morgan fingerprint density at radius 1 is 1.10 bits per heavy atom. The fourth-order valence-corrected chi connectivity index (χ4v) is 1.89. The lowest BCUT2D eigenvalue weighted by Crippen LogP contribution is -2.14. The van der Waals surface area contributed by atoms with Crippen LogP contribution in [-0.2, 0) is 11.3 Å². The molecule has 0 aliphatic rings. The predicted molar refractivity (Wildman–Crippen MR) is 81.4 cm³/mol. The number of aromatic nitrogens is 2. The molecule has 106 valence electrons. The molecule has 1 aromatic carbocycles. The summed E-state index contributed by atoms with van der Waals surface area (Å²) in [6, 6.07) is 8.41. The van der Waals surface area contributed by atoms with Crippen molar-refractivity contribution in [3.05, 3.63) is 47.8 Å². The van der Waals surface area contributed by atoms with Crippen molar-refractivity contribution in [2.45, 2.75) is 38.5 Å². The SMILES string of the molecule is CCC(C)(C)c1ccc(Oc2ncc(CCl)cn2)cc1. The van der Waals surface area contributed by atoms with Gasteiger partial charge in [0.15, 0.2) is 0 Å². The van der Waals surface area contributed by atoms with Gasteiger partial charge < -0.3 is 4.74 Å². The summed E-state index contributed by atoms with van der Waals surface area (Å²) in [5.74, 6) is 1.14. The van der Waals surface area contributed by atoms with Gasteiger partial charge in [-0.1, -0.05) is 32.9 Å². The molecular formula is C16H19ClN2O. The molecule has 0 fully saturated rings. The Labute approximate surface area is 125 Å². The summed E-state index contributed by atoms with van der Waals surface area (Å²) < 4.78 is 5.61. The van der Waals surface area contributed by atoms with Crippen LogP contribution >= 0.6 is 11.6 Å². The molecule has 0 atom stereocenters. The second-order valence-corrected chi connectivity index (χ2v) is 5.64. The number of hydrogen-bond donors (Lipinski definition) is 0. The normalized spacial score (nSPS) is 11.4. The van der Waals surface area contributed by atoms with Crippen LogP contribution in [0.1, 0.15) is 38.3 Å². The van der Waals surface area contributed by atoms with Gasteiger partial charge in [0.2, 0.25) is 0 Å². The molecule has 0 N–H and O–H groups in total. The molecule has 0 radical (unpaired) electrons. The lowest BCUT2D eigenvalue weighted by molar-refractivity contribution is 0.439. The van der Waals surface area contributed by atoms with Crippen LogP contribution in [0.25, 0.3) is 0 Å². The molecule has 0 saturated carbocycles. The van der Waals surface area contributed by atoms with Crippen LogP contribution in [0.3, 0.4) is 0 Å². The molecule has 0 unspecified atom stereocenters. The number of benzene rings is 1. The van der Waals surface area contributed by atoms with Crippen molar-refractivity contribution in [2.75, 3.05) is 0 Å². The third-order valence-electron chi connectivity index (χ3n) is 3.56. The van der Waals surface area contributed by atoms with E-state index in [4.69, 9.17) is 16.3 Å². The highest BCUT2D eigenvalue weighted by Gasteiger charge is 2.17. The van der Waals surface area contributed by atoms with Gasteiger partial charge in [-0.25, -0.2) is 9.97 Å². The van der Waals surface area contributed by atoms with E-state index >= 15 is 0 Å². The zero-order chi connectivity index (χ0) is 14.6. The van der Waals surface area contributed by atoms with Crippen LogP contribution in [0.15, 0.2) is 36.7 Å². The van der Waals surface area contributed by atoms with E-state index in [1.807, 2.05) is 12.1 Å². The number of ether oxygens (including phenoxy) is 1. The summed E-state index contributed by atoms with van der Waals surface area (Å²) in [7, 11) is 0. The zero-order valence-corrected chi connectivity index (χ0v) is 12.8. The topological polar surface area (TPSA) is 35.0 Å². The van der Waals surface area contributed by atoms with E-state index < -0.39 is 0 Å². The molecule has 1 aromatic heterocycles.